The quantitative estimate of drug-likeness (QED) is 0.467. The number of ketones is 1. The number of para-hydroxylation sites is 1. The third-order valence-corrected chi connectivity index (χ3v) is 5.22. The molecule has 0 radical (unpaired) electrons. The highest BCUT2D eigenvalue weighted by Gasteiger charge is 2.33. The molecule has 6 nitrogen and oxygen atoms in total. The van der Waals surface area contributed by atoms with Crippen LogP contribution in [0.5, 0.6) is 0 Å². The normalized spacial score (nSPS) is 17.1. The first-order valence-electron chi connectivity index (χ1n) is 9.71. The molecule has 2 N–H and O–H groups in total. The van der Waals surface area contributed by atoms with Gasteiger partial charge in [0.05, 0.1) is 11.5 Å². The minimum absolute atomic E-state index is 0.0170. The lowest BCUT2D eigenvalue weighted by molar-refractivity contribution is -0.132. The number of amides is 2. The molecular weight excluding hydrogens is 342 g/mol. The van der Waals surface area contributed by atoms with Gasteiger partial charge >= 0.3 is 0 Å². The number of nitrogens with zero attached hydrogens (tertiary/aromatic N) is 1. The van der Waals surface area contributed by atoms with Crippen molar-refractivity contribution in [2.75, 3.05) is 19.6 Å². The van der Waals surface area contributed by atoms with E-state index in [9.17, 15) is 14.4 Å². The van der Waals surface area contributed by atoms with Gasteiger partial charge < -0.3 is 15.2 Å². The summed E-state index contributed by atoms with van der Waals surface area (Å²) in [6.07, 6.45) is 3.45. The number of piperidine rings is 1. The lowest BCUT2D eigenvalue weighted by Gasteiger charge is -2.31. The van der Waals surface area contributed by atoms with E-state index in [0.29, 0.717) is 30.9 Å². The van der Waals surface area contributed by atoms with E-state index in [-0.39, 0.29) is 11.8 Å². The predicted octanol–water partition coefficient (Wildman–Crippen LogP) is 2.81. The van der Waals surface area contributed by atoms with E-state index >= 15 is 0 Å². The fourth-order valence-electron chi connectivity index (χ4n) is 3.73. The number of aromatic nitrogens is 1. The first-order valence-corrected chi connectivity index (χ1v) is 9.71. The molecule has 1 aliphatic rings. The zero-order valence-corrected chi connectivity index (χ0v) is 16.0. The van der Waals surface area contributed by atoms with Gasteiger partial charge in [-0.2, -0.15) is 0 Å². The molecule has 1 fully saturated rings. The number of carbonyl (C=O) groups excluding carboxylic acids is 3. The number of fused-ring (bicyclic) bond motifs is 1. The molecule has 1 aromatic carbocycles. The Kier molecular flexibility index (Phi) is 5.94. The molecular formula is C21H27N3O3. The number of Topliss-reactive ketones (excluding diaryl/α,β-unsaturated/α-hetero) is 1. The second-order valence-electron chi connectivity index (χ2n) is 7.23. The number of carbonyl (C=O) groups is 3. The Hall–Kier alpha value is -2.63. The van der Waals surface area contributed by atoms with E-state index in [1.807, 2.05) is 24.3 Å². The number of aryl methyl sites for hydroxylation is 1. The second kappa shape index (κ2) is 8.37. The molecule has 0 spiro atoms. The van der Waals surface area contributed by atoms with Crippen LogP contribution in [0.2, 0.25) is 0 Å². The maximum atomic E-state index is 12.9. The molecule has 2 amide bonds. The van der Waals surface area contributed by atoms with Crippen molar-refractivity contribution in [2.45, 2.75) is 39.5 Å². The van der Waals surface area contributed by atoms with Gasteiger partial charge in [0.1, 0.15) is 0 Å². The summed E-state index contributed by atoms with van der Waals surface area (Å²) in [4.78, 5) is 42.8. The molecule has 1 aliphatic heterocycles. The molecule has 0 bridgehead atoms. The number of H-pyrrole nitrogens is 1. The Labute approximate surface area is 159 Å². The van der Waals surface area contributed by atoms with Crippen LogP contribution in [-0.4, -0.2) is 47.1 Å². The first kappa shape index (κ1) is 19.1. The van der Waals surface area contributed by atoms with Gasteiger partial charge in [-0.3, -0.25) is 14.4 Å². The molecule has 144 valence electrons. The summed E-state index contributed by atoms with van der Waals surface area (Å²) in [5, 5.41) is 3.70. The second-order valence-corrected chi connectivity index (χ2v) is 7.23. The van der Waals surface area contributed by atoms with Gasteiger partial charge in [0, 0.05) is 36.2 Å². The molecule has 6 heteroatoms. The predicted molar refractivity (Wildman–Crippen MR) is 105 cm³/mol. The Bertz CT molecular complexity index is 855. The van der Waals surface area contributed by atoms with Crippen molar-refractivity contribution < 1.29 is 14.4 Å². The van der Waals surface area contributed by atoms with Gasteiger partial charge in [0.15, 0.2) is 0 Å². The van der Waals surface area contributed by atoms with E-state index in [1.54, 1.807) is 6.92 Å². The zero-order valence-electron chi connectivity index (χ0n) is 16.0. The molecule has 1 saturated heterocycles. The molecule has 27 heavy (non-hydrogen) atoms. The maximum Gasteiger partial charge on any atom is 0.295 e. The van der Waals surface area contributed by atoms with Crippen LogP contribution in [0, 0.1) is 12.8 Å². The van der Waals surface area contributed by atoms with Crippen LogP contribution < -0.4 is 5.32 Å². The van der Waals surface area contributed by atoms with Gasteiger partial charge in [-0.1, -0.05) is 31.5 Å². The molecule has 0 saturated carbocycles. The van der Waals surface area contributed by atoms with E-state index < -0.39 is 11.7 Å². The Morgan fingerprint density at radius 2 is 2.04 bits per heavy atom. The largest absolute Gasteiger partial charge is 0.358 e. The fourth-order valence-corrected chi connectivity index (χ4v) is 3.73. The Morgan fingerprint density at radius 3 is 2.81 bits per heavy atom. The molecule has 2 heterocycles. The minimum atomic E-state index is -0.520. The standard InChI is InChI=1S/C21H27N3O3/c1-3-4-11-22-20(26)15-8-7-12-24(13-15)21(27)19(25)18-14(2)23-17-10-6-5-9-16(17)18/h5-6,9-10,15,23H,3-4,7-8,11-13H2,1-2H3,(H,22,26). The monoisotopic (exact) mass is 369 g/mol. The van der Waals surface area contributed by atoms with E-state index in [4.69, 9.17) is 0 Å². The van der Waals surface area contributed by atoms with E-state index in [0.717, 1.165) is 36.6 Å². The van der Waals surface area contributed by atoms with Crippen LogP contribution in [0.4, 0.5) is 0 Å². The lowest BCUT2D eigenvalue weighted by atomic mass is 9.96. The van der Waals surface area contributed by atoms with E-state index in [1.165, 1.54) is 4.90 Å². The summed E-state index contributed by atoms with van der Waals surface area (Å²) in [6.45, 7) is 5.37. The number of benzene rings is 1. The molecule has 0 aliphatic carbocycles. The highest BCUT2D eigenvalue weighted by Crippen LogP contribution is 2.24. The van der Waals surface area contributed by atoms with Gasteiger partial charge in [0.25, 0.3) is 11.7 Å². The van der Waals surface area contributed by atoms with Crippen molar-refractivity contribution >= 4 is 28.5 Å². The molecule has 3 rings (SSSR count). The van der Waals surface area contributed by atoms with Gasteiger partial charge in [-0.15, -0.1) is 0 Å². The fraction of sp³-hybridized carbons (Fsp3) is 0.476. The zero-order chi connectivity index (χ0) is 19.4. The summed E-state index contributed by atoms with van der Waals surface area (Å²) in [5.41, 5.74) is 1.98. The molecule has 1 unspecified atom stereocenters. The van der Waals surface area contributed by atoms with Gasteiger partial charge in [-0.05, 0) is 32.3 Å². The number of hydrogen-bond donors (Lipinski definition) is 2. The van der Waals surface area contributed by atoms with Crippen molar-refractivity contribution in [3.05, 3.63) is 35.5 Å². The number of rotatable bonds is 6. The SMILES string of the molecule is CCCCNC(=O)C1CCCN(C(=O)C(=O)c2c(C)[nH]c3ccccc23)C1. The summed E-state index contributed by atoms with van der Waals surface area (Å²) in [7, 11) is 0. The lowest BCUT2D eigenvalue weighted by Crippen LogP contribution is -2.47. The first-order chi connectivity index (χ1) is 13.0. The van der Waals surface area contributed by atoms with Crippen molar-refractivity contribution in [1.29, 1.82) is 0 Å². The number of likely N-dealkylation sites (tertiary alicyclic amines) is 1. The van der Waals surface area contributed by atoms with Crippen LogP contribution >= 0.6 is 0 Å². The van der Waals surface area contributed by atoms with Crippen LogP contribution in [0.1, 0.15) is 48.7 Å². The number of nitrogens with one attached hydrogen (secondary N) is 2. The summed E-state index contributed by atoms with van der Waals surface area (Å²) >= 11 is 0. The van der Waals surface area contributed by atoms with Crippen LogP contribution in [-0.2, 0) is 9.59 Å². The van der Waals surface area contributed by atoms with E-state index in [2.05, 4.69) is 17.2 Å². The third kappa shape index (κ3) is 4.04. The highest BCUT2D eigenvalue weighted by molar-refractivity contribution is 6.45. The maximum absolute atomic E-state index is 12.9. The van der Waals surface area contributed by atoms with Crippen molar-refractivity contribution in [3.8, 4) is 0 Å². The highest BCUT2D eigenvalue weighted by atomic mass is 16.2. The summed E-state index contributed by atoms with van der Waals surface area (Å²) < 4.78 is 0. The summed E-state index contributed by atoms with van der Waals surface area (Å²) in [6, 6.07) is 7.48. The average molecular weight is 369 g/mol. The topological polar surface area (TPSA) is 82.3 Å². The Morgan fingerprint density at radius 1 is 1.26 bits per heavy atom. The smallest absolute Gasteiger partial charge is 0.295 e. The van der Waals surface area contributed by atoms with Crippen LogP contribution in [0.25, 0.3) is 10.9 Å². The molecule has 1 aromatic heterocycles. The molecule has 2 aromatic rings. The van der Waals surface area contributed by atoms with Gasteiger partial charge in [0.2, 0.25) is 5.91 Å². The van der Waals surface area contributed by atoms with Gasteiger partial charge in [-0.25, -0.2) is 0 Å². The Balaban J connectivity index is 1.72. The third-order valence-electron chi connectivity index (χ3n) is 5.22. The number of aromatic amines is 1. The number of hydrogen-bond acceptors (Lipinski definition) is 3. The average Bonchev–Trinajstić information content (AvgIpc) is 3.02. The van der Waals surface area contributed by atoms with Crippen molar-refractivity contribution in [1.82, 2.24) is 15.2 Å². The molecule has 1 atom stereocenters. The van der Waals surface area contributed by atoms with Crippen molar-refractivity contribution in [3.63, 3.8) is 0 Å². The van der Waals surface area contributed by atoms with Crippen LogP contribution in [0.3, 0.4) is 0 Å². The summed E-state index contributed by atoms with van der Waals surface area (Å²) in [5.74, 6) is -1.28. The number of unbranched alkanes of at least 4 members (excludes halogenated alkanes) is 1. The van der Waals surface area contributed by atoms with Crippen molar-refractivity contribution in [2.24, 2.45) is 5.92 Å². The minimum Gasteiger partial charge on any atom is -0.358 e. The van der Waals surface area contributed by atoms with Crippen LogP contribution in [0.15, 0.2) is 24.3 Å².